The minimum atomic E-state index is -3.56. The van der Waals surface area contributed by atoms with Crippen molar-refractivity contribution in [3.05, 3.63) is 66.7 Å². The lowest BCUT2D eigenvalue weighted by Gasteiger charge is -2.36. The van der Waals surface area contributed by atoms with Crippen LogP contribution in [0.25, 0.3) is 11.3 Å². The van der Waals surface area contributed by atoms with Gasteiger partial charge in [-0.1, -0.05) is 0 Å². The van der Waals surface area contributed by atoms with Gasteiger partial charge in [-0.25, -0.2) is 17.8 Å². The van der Waals surface area contributed by atoms with Crippen molar-refractivity contribution in [2.45, 2.75) is 4.90 Å². The number of aromatic nitrogens is 2. The molecule has 0 amide bonds. The van der Waals surface area contributed by atoms with Crippen molar-refractivity contribution in [1.29, 1.82) is 0 Å². The van der Waals surface area contributed by atoms with Gasteiger partial charge in [0.25, 0.3) is 0 Å². The van der Waals surface area contributed by atoms with Crippen LogP contribution < -0.4 is 9.64 Å². The molecule has 2 heterocycles. The van der Waals surface area contributed by atoms with Crippen LogP contribution in [0.5, 0.6) is 5.75 Å². The third kappa shape index (κ3) is 6.26. The monoisotopic (exact) mass is 521 g/mol. The Morgan fingerprint density at radius 1 is 0.971 bits per heavy atom. The highest BCUT2D eigenvalue weighted by Gasteiger charge is 2.24. The zero-order valence-corrected chi connectivity index (χ0v) is 21.3. The van der Waals surface area contributed by atoms with Crippen LogP contribution in [-0.2, 0) is 10.0 Å². The van der Waals surface area contributed by atoms with Gasteiger partial charge in [0, 0.05) is 64.3 Å². The molecule has 1 fully saturated rings. The van der Waals surface area contributed by atoms with Crippen molar-refractivity contribution in [1.82, 2.24) is 19.2 Å². The minimum absolute atomic E-state index is 0. The summed E-state index contributed by atoms with van der Waals surface area (Å²) >= 11 is 0. The highest BCUT2D eigenvalue weighted by Crippen LogP contribution is 2.27. The van der Waals surface area contributed by atoms with E-state index in [1.54, 1.807) is 62.9 Å². The summed E-state index contributed by atoms with van der Waals surface area (Å²) < 4.78 is 45.5. The SMILES string of the molecule is COc1ccc(S(=O)(=O)N(C)CCN2CCN(c3nccnc3-c3ccc(F)cc3)CC2)cc1.Cl. The smallest absolute Gasteiger partial charge is 0.242 e. The Bertz CT molecular complexity index is 1200. The van der Waals surface area contributed by atoms with E-state index in [0.717, 1.165) is 43.3 Å². The topological polar surface area (TPSA) is 78.9 Å². The summed E-state index contributed by atoms with van der Waals surface area (Å²) in [6.07, 6.45) is 3.30. The van der Waals surface area contributed by atoms with Gasteiger partial charge in [0.15, 0.2) is 5.82 Å². The third-order valence-corrected chi connectivity index (χ3v) is 7.84. The summed E-state index contributed by atoms with van der Waals surface area (Å²) in [7, 11) is -0.416. The van der Waals surface area contributed by atoms with Gasteiger partial charge in [-0.2, -0.15) is 4.31 Å². The molecule has 1 aliphatic heterocycles. The van der Waals surface area contributed by atoms with Crippen LogP contribution in [-0.4, -0.2) is 81.0 Å². The van der Waals surface area contributed by atoms with Gasteiger partial charge in [0.05, 0.1) is 12.0 Å². The summed E-state index contributed by atoms with van der Waals surface area (Å²) in [4.78, 5) is 13.7. The van der Waals surface area contributed by atoms with Gasteiger partial charge in [-0.15, -0.1) is 12.4 Å². The van der Waals surface area contributed by atoms with E-state index < -0.39 is 10.0 Å². The Balaban J connectivity index is 0.00000342. The van der Waals surface area contributed by atoms with Crippen LogP contribution in [0.1, 0.15) is 0 Å². The van der Waals surface area contributed by atoms with Crippen LogP contribution in [0, 0.1) is 5.82 Å². The number of piperazine rings is 1. The van der Waals surface area contributed by atoms with Crippen molar-refractivity contribution in [3.63, 3.8) is 0 Å². The highest BCUT2D eigenvalue weighted by atomic mass is 35.5. The van der Waals surface area contributed by atoms with Crippen molar-refractivity contribution < 1.29 is 17.5 Å². The molecule has 11 heteroatoms. The lowest BCUT2D eigenvalue weighted by molar-refractivity contribution is 0.243. The maximum atomic E-state index is 13.3. The van der Waals surface area contributed by atoms with Crippen LogP contribution in [0.4, 0.5) is 10.2 Å². The van der Waals surface area contributed by atoms with E-state index in [1.165, 1.54) is 16.4 Å². The molecule has 0 unspecified atom stereocenters. The molecule has 4 rings (SSSR count). The Morgan fingerprint density at radius 2 is 1.60 bits per heavy atom. The molecule has 1 aliphatic rings. The predicted molar refractivity (Wildman–Crippen MR) is 136 cm³/mol. The molecule has 0 saturated carbocycles. The van der Waals surface area contributed by atoms with Crippen molar-refractivity contribution >= 4 is 28.2 Å². The van der Waals surface area contributed by atoms with E-state index in [-0.39, 0.29) is 23.1 Å². The minimum Gasteiger partial charge on any atom is -0.497 e. The van der Waals surface area contributed by atoms with E-state index in [4.69, 9.17) is 4.74 Å². The molecule has 35 heavy (non-hydrogen) atoms. The molecule has 1 saturated heterocycles. The molecule has 3 aromatic rings. The quantitative estimate of drug-likeness (QED) is 0.450. The average Bonchev–Trinajstić information content (AvgIpc) is 2.88. The molecule has 8 nitrogen and oxygen atoms in total. The van der Waals surface area contributed by atoms with E-state index in [1.807, 2.05) is 0 Å². The number of hydrogen-bond acceptors (Lipinski definition) is 7. The number of rotatable bonds is 8. The van der Waals surface area contributed by atoms with E-state index in [2.05, 4.69) is 19.8 Å². The molecule has 1 aromatic heterocycles. The fourth-order valence-corrected chi connectivity index (χ4v) is 5.05. The van der Waals surface area contributed by atoms with Gasteiger partial charge in [-0.05, 0) is 48.5 Å². The summed E-state index contributed by atoms with van der Waals surface area (Å²) in [5, 5.41) is 0. The van der Waals surface area contributed by atoms with Gasteiger partial charge in [0.2, 0.25) is 10.0 Å². The van der Waals surface area contributed by atoms with Crippen molar-refractivity contribution in [2.24, 2.45) is 0 Å². The summed E-state index contributed by atoms with van der Waals surface area (Å²) in [6.45, 7) is 4.04. The molecule has 0 aliphatic carbocycles. The summed E-state index contributed by atoms with van der Waals surface area (Å²) in [5.74, 6) is 1.10. The third-order valence-electron chi connectivity index (χ3n) is 5.97. The predicted octanol–water partition coefficient (Wildman–Crippen LogP) is 3.16. The van der Waals surface area contributed by atoms with Gasteiger partial charge in [-0.3, -0.25) is 9.88 Å². The molecule has 0 atom stereocenters. The van der Waals surface area contributed by atoms with Crippen LogP contribution in [0.15, 0.2) is 65.8 Å². The molecular formula is C24H29ClFN5O3S. The highest BCUT2D eigenvalue weighted by molar-refractivity contribution is 7.89. The number of sulfonamides is 1. The first-order chi connectivity index (χ1) is 16.4. The zero-order valence-electron chi connectivity index (χ0n) is 19.7. The molecule has 0 bridgehead atoms. The standard InChI is InChI=1S/C24H28FN5O3S.ClH/c1-28(34(31,32)22-9-7-21(33-2)8-10-22)13-14-29-15-17-30(18-16-29)24-23(26-11-12-27-24)19-3-5-20(25)6-4-19;/h3-12H,13-18H2,1-2H3;1H. The Morgan fingerprint density at radius 3 is 2.23 bits per heavy atom. The normalized spacial score (nSPS) is 14.6. The summed E-state index contributed by atoms with van der Waals surface area (Å²) in [5.41, 5.74) is 1.54. The summed E-state index contributed by atoms with van der Waals surface area (Å²) in [6, 6.07) is 12.7. The Hall–Kier alpha value is -2.79. The molecule has 2 aromatic carbocycles. The Kier molecular flexibility index (Phi) is 9.01. The molecular weight excluding hydrogens is 493 g/mol. The first-order valence-electron chi connectivity index (χ1n) is 11.0. The van der Waals surface area contributed by atoms with Gasteiger partial charge < -0.3 is 9.64 Å². The first-order valence-corrected chi connectivity index (χ1v) is 12.5. The number of ether oxygens (including phenoxy) is 1. The number of benzene rings is 2. The number of hydrogen-bond donors (Lipinski definition) is 0. The number of likely N-dealkylation sites (N-methyl/N-ethyl adjacent to an activating group) is 1. The fraction of sp³-hybridized carbons (Fsp3) is 0.333. The Labute approximate surface area is 211 Å². The number of methoxy groups -OCH3 is 1. The van der Waals surface area contributed by atoms with E-state index in [9.17, 15) is 12.8 Å². The maximum absolute atomic E-state index is 13.3. The molecule has 0 spiro atoms. The second kappa shape index (κ2) is 11.8. The molecule has 0 N–H and O–H groups in total. The fourth-order valence-electron chi connectivity index (χ4n) is 3.89. The first kappa shape index (κ1) is 26.8. The molecule has 188 valence electrons. The number of halogens is 2. The zero-order chi connectivity index (χ0) is 24.1. The molecule has 0 radical (unpaired) electrons. The van der Waals surface area contributed by atoms with Crippen LogP contribution in [0.2, 0.25) is 0 Å². The van der Waals surface area contributed by atoms with Gasteiger partial charge in [0.1, 0.15) is 17.3 Å². The second-order valence-electron chi connectivity index (χ2n) is 8.07. The van der Waals surface area contributed by atoms with E-state index >= 15 is 0 Å². The van der Waals surface area contributed by atoms with Crippen molar-refractivity contribution in [3.8, 4) is 17.0 Å². The second-order valence-corrected chi connectivity index (χ2v) is 10.1. The van der Waals surface area contributed by atoms with Crippen molar-refractivity contribution in [2.75, 3.05) is 58.3 Å². The largest absolute Gasteiger partial charge is 0.497 e. The number of nitrogens with zero attached hydrogens (tertiary/aromatic N) is 5. The van der Waals surface area contributed by atoms with Crippen LogP contribution in [0.3, 0.4) is 0 Å². The lowest BCUT2D eigenvalue weighted by atomic mass is 10.1. The lowest BCUT2D eigenvalue weighted by Crippen LogP contribution is -2.49. The van der Waals surface area contributed by atoms with Gasteiger partial charge >= 0.3 is 0 Å². The average molecular weight is 522 g/mol. The number of anilines is 1. The maximum Gasteiger partial charge on any atom is 0.242 e. The van der Waals surface area contributed by atoms with E-state index in [0.29, 0.717) is 18.8 Å². The van der Waals surface area contributed by atoms with Crippen LogP contribution >= 0.6 is 12.4 Å².